The second kappa shape index (κ2) is 8.93. The molecule has 0 aliphatic rings. The van der Waals surface area contributed by atoms with Gasteiger partial charge in [0.1, 0.15) is 0 Å². The lowest BCUT2D eigenvalue weighted by molar-refractivity contribution is 0.259. The van der Waals surface area contributed by atoms with Crippen LogP contribution in [0.2, 0.25) is 0 Å². The van der Waals surface area contributed by atoms with E-state index < -0.39 is 6.03 Å². The van der Waals surface area contributed by atoms with Crippen molar-refractivity contribution >= 4 is 11.7 Å². The van der Waals surface area contributed by atoms with Gasteiger partial charge in [0.05, 0.1) is 0 Å². The molecule has 26 heavy (non-hydrogen) atoms. The van der Waals surface area contributed by atoms with Crippen molar-refractivity contribution in [2.24, 2.45) is 11.7 Å². The number of primary amides is 1. The second-order valence-electron chi connectivity index (χ2n) is 7.79. The molecule has 0 bridgehead atoms. The Bertz CT molecular complexity index is 744. The van der Waals surface area contributed by atoms with E-state index >= 15 is 0 Å². The van der Waals surface area contributed by atoms with Crippen molar-refractivity contribution in [3.63, 3.8) is 0 Å². The van der Waals surface area contributed by atoms with Crippen LogP contribution >= 0.6 is 0 Å². The van der Waals surface area contributed by atoms with E-state index in [1.54, 1.807) is 0 Å². The molecule has 0 aliphatic carbocycles. The first kappa shape index (κ1) is 20.1. The van der Waals surface area contributed by atoms with Gasteiger partial charge in [-0.3, -0.25) is 0 Å². The van der Waals surface area contributed by atoms with Crippen molar-refractivity contribution in [3.05, 3.63) is 52.8 Å². The number of carbonyl (C=O) groups excluding carboxylic acids is 1. The summed E-state index contributed by atoms with van der Waals surface area (Å²) >= 11 is 0. The summed E-state index contributed by atoms with van der Waals surface area (Å²) in [5.41, 5.74) is 11.5. The maximum absolute atomic E-state index is 11.1. The highest BCUT2D eigenvalue weighted by atomic mass is 16.2. The number of amides is 2. The smallest absolute Gasteiger partial charge is 0.316 e. The number of urea groups is 1. The number of benzene rings is 1. The number of aromatic nitrogens is 1. The van der Waals surface area contributed by atoms with E-state index in [4.69, 9.17) is 5.73 Å². The van der Waals surface area contributed by atoms with Crippen molar-refractivity contribution in [1.29, 1.82) is 0 Å². The number of nitrogens with one attached hydrogen (secondary N) is 1. The molecule has 3 N–H and O–H groups in total. The molecule has 1 aromatic heterocycles. The number of anilines is 1. The van der Waals surface area contributed by atoms with Crippen molar-refractivity contribution in [2.75, 3.05) is 5.32 Å². The van der Waals surface area contributed by atoms with E-state index in [2.05, 4.69) is 56.6 Å². The van der Waals surface area contributed by atoms with Crippen LogP contribution in [-0.4, -0.2) is 10.6 Å². The minimum absolute atomic E-state index is 0.430. The van der Waals surface area contributed by atoms with Gasteiger partial charge >= 0.3 is 6.03 Å². The first-order chi connectivity index (χ1) is 12.3. The Hall–Kier alpha value is -2.23. The summed E-state index contributed by atoms with van der Waals surface area (Å²) < 4.78 is 2.51. The summed E-state index contributed by atoms with van der Waals surface area (Å²) in [6.07, 6.45) is 4.20. The van der Waals surface area contributed by atoms with Crippen LogP contribution in [0.3, 0.4) is 0 Å². The molecule has 4 heteroatoms. The Morgan fingerprint density at radius 1 is 1.19 bits per heavy atom. The Balaban J connectivity index is 2.44. The van der Waals surface area contributed by atoms with Gasteiger partial charge in [-0.05, 0) is 61.9 Å². The molecule has 2 aromatic rings. The highest BCUT2D eigenvalue weighted by Gasteiger charge is 2.18. The Kier molecular flexibility index (Phi) is 6.90. The predicted molar refractivity (Wildman–Crippen MR) is 110 cm³/mol. The van der Waals surface area contributed by atoms with Gasteiger partial charge < -0.3 is 15.6 Å². The second-order valence-corrected chi connectivity index (χ2v) is 7.79. The lowest BCUT2D eigenvalue weighted by atomic mass is 9.99. The fourth-order valence-corrected chi connectivity index (χ4v) is 3.68. The molecule has 142 valence electrons. The zero-order valence-corrected chi connectivity index (χ0v) is 16.8. The molecule has 0 radical (unpaired) electrons. The predicted octanol–water partition coefficient (Wildman–Crippen LogP) is 5.30. The van der Waals surface area contributed by atoms with Gasteiger partial charge in [-0.25, -0.2) is 4.79 Å². The van der Waals surface area contributed by atoms with Gasteiger partial charge in [0.15, 0.2) is 0 Å². The molecular weight excluding hydrogens is 322 g/mol. The van der Waals surface area contributed by atoms with E-state index in [0.717, 1.165) is 31.4 Å². The van der Waals surface area contributed by atoms with Crippen molar-refractivity contribution in [2.45, 2.75) is 66.3 Å². The lowest BCUT2D eigenvalue weighted by Gasteiger charge is -2.19. The van der Waals surface area contributed by atoms with Crippen LogP contribution in [0.4, 0.5) is 10.5 Å². The van der Waals surface area contributed by atoms with E-state index in [1.165, 1.54) is 22.5 Å². The number of hydrogen-bond donors (Lipinski definition) is 2. The molecule has 0 aliphatic heterocycles. The average molecular weight is 356 g/mol. The molecule has 0 saturated carbocycles. The van der Waals surface area contributed by atoms with Crippen LogP contribution in [0.5, 0.6) is 0 Å². The van der Waals surface area contributed by atoms with Gasteiger partial charge in [-0.2, -0.15) is 0 Å². The molecular formula is C22H33N3O. The van der Waals surface area contributed by atoms with Gasteiger partial charge in [-0.1, -0.05) is 39.3 Å². The van der Waals surface area contributed by atoms with Crippen LogP contribution < -0.4 is 11.1 Å². The number of aryl methyl sites for hydroxylation is 1. The number of hydrogen-bond acceptors (Lipinski definition) is 1. The molecule has 1 aromatic carbocycles. The topological polar surface area (TPSA) is 60.0 Å². The number of nitrogens with zero attached hydrogens (tertiary/aromatic N) is 1. The highest BCUT2D eigenvalue weighted by molar-refractivity contribution is 5.87. The number of carbonyl (C=O) groups is 1. The van der Waals surface area contributed by atoms with Crippen LogP contribution in [0, 0.1) is 5.92 Å². The quantitative estimate of drug-likeness (QED) is 0.663. The molecule has 4 nitrogen and oxygen atoms in total. The van der Waals surface area contributed by atoms with Crippen LogP contribution in [0.25, 0.3) is 0 Å². The SMILES string of the molecule is CCCc1cc(CC(C)C)c(Cc2cccc(NC(N)=O)c2)n1C(C)C. The monoisotopic (exact) mass is 355 g/mol. The molecule has 0 spiro atoms. The van der Waals surface area contributed by atoms with Gasteiger partial charge in [0.25, 0.3) is 0 Å². The third-order valence-electron chi connectivity index (χ3n) is 4.53. The summed E-state index contributed by atoms with van der Waals surface area (Å²) in [5.74, 6) is 0.620. The van der Waals surface area contributed by atoms with Gasteiger partial charge in [-0.15, -0.1) is 0 Å². The molecule has 2 rings (SSSR count). The van der Waals surface area contributed by atoms with Crippen LogP contribution in [0.15, 0.2) is 30.3 Å². The van der Waals surface area contributed by atoms with Crippen LogP contribution in [0.1, 0.15) is 69.6 Å². The lowest BCUT2D eigenvalue weighted by Crippen LogP contribution is -2.19. The minimum atomic E-state index is -0.529. The third-order valence-corrected chi connectivity index (χ3v) is 4.53. The summed E-state index contributed by atoms with van der Waals surface area (Å²) in [5, 5.41) is 2.67. The Labute approximate surface area is 157 Å². The highest BCUT2D eigenvalue weighted by Crippen LogP contribution is 2.27. The first-order valence-corrected chi connectivity index (χ1v) is 9.69. The Morgan fingerprint density at radius 2 is 1.92 bits per heavy atom. The van der Waals surface area contributed by atoms with Crippen molar-refractivity contribution < 1.29 is 4.79 Å². The van der Waals surface area contributed by atoms with E-state index in [-0.39, 0.29) is 0 Å². The normalized spacial score (nSPS) is 11.3. The molecule has 0 unspecified atom stereocenters. The van der Waals surface area contributed by atoms with Crippen molar-refractivity contribution in [3.8, 4) is 0 Å². The standard InChI is InChI=1S/C22H33N3O/c1-6-8-20-14-18(11-15(2)3)21(25(20)16(4)5)13-17-9-7-10-19(12-17)24-22(23)26/h7,9-10,12,14-16H,6,8,11,13H2,1-5H3,(H3,23,24,26). The van der Waals surface area contributed by atoms with Crippen LogP contribution in [-0.2, 0) is 19.3 Å². The fraction of sp³-hybridized carbons (Fsp3) is 0.500. The molecule has 1 heterocycles. The van der Waals surface area contributed by atoms with Gasteiger partial charge in [0, 0.05) is 29.5 Å². The number of rotatable bonds is 8. The van der Waals surface area contributed by atoms with E-state index in [9.17, 15) is 4.79 Å². The molecule has 2 amide bonds. The first-order valence-electron chi connectivity index (χ1n) is 9.69. The largest absolute Gasteiger partial charge is 0.351 e. The maximum atomic E-state index is 11.1. The zero-order valence-electron chi connectivity index (χ0n) is 16.8. The molecule has 0 atom stereocenters. The number of nitrogens with two attached hydrogens (primary N) is 1. The summed E-state index contributed by atoms with van der Waals surface area (Å²) in [6.45, 7) is 11.3. The molecule has 0 fully saturated rings. The van der Waals surface area contributed by atoms with Gasteiger partial charge in [0.2, 0.25) is 0 Å². The third kappa shape index (κ3) is 5.13. The zero-order chi connectivity index (χ0) is 19.3. The maximum Gasteiger partial charge on any atom is 0.316 e. The Morgan fingerprint density at radius 3 is 2.50 bits per heavy atom. The summed E-state index contributed by atoms with van der Waals surface area (Å²) in [4.78, 5) is 11.1. The summed E-state index contributed by atoms with van der Waals surface area (Å²) in [7, 11) is 0. The van der Waals surface area contributed by atoms with E-state index in [0.29, 0.717) is 12.0 Å². The minimum Gasteiger partial charge on any atom is -0.351 e. The fourth-order valence-electron chi connectivity index (χ4n) is 3.68. The summed E-state index contributed by atoms with van der Waals surface area (Å²) in [6, 6.07) is 10.3. The molecule has 0 saturated heterocycles. The van der Waals surface area contributed by atoms with E-state index in [1.807, 2.05) is 18.2 Å². The van der Waals surface area contributed by atoms with Crippen molar-refractivity contribution in [1.82, 2.24) is 4.57 Å². The average Bonchev–Trinajstić information content (AvgIpc) is 2.84.